The number of rotatable bonds is 11. The standard InChI is InChI=1S/C27H37NO4Si.C15H17NO3.C12H19BrOSi/c1-26(2,3)33(4,5)32-23-13-9-12-22(18-23)27(30,21-10-7-6-8-11-21)25(29)31-24-19-28-16-14-20(24)15-17-28;17-14(12-4-2-1-3-5-12)15(18)19-13-10-16-8-6-11(13)7-9-16;1-12(2,3)15(4,5)14-11-8-6-7-10(13)9-11/h6-13,18,20,24,30H,14-17,19H2,1-5H3;1-5,11,13H,6-10H2;6-9H,1-5H3/t24-,27?;13-;/m00./s1. The molecule has 13 heteroatoms. The van der Waals surface area contributed by atoms with Crippen LogP contribution in [0, 0.1) is 11.8 Å². The average Bonchev–Trinajstić information content (AvgIpc) is 3.29. The first-order chi connectivity index (χ1) is 31.5. The number of piperidine rings is 6. The number of aliphatic hydroxyl groups is 1. The molecule has 4 aromatic rings. The summed E-state index contributed by atoms with van der Waals surface area (Å²) in [6, 6.07) is 33.1. The van der Waals surface area contributed by atoms with Gasteiger partial charge in [-0.3, -0.25) is 14.6 Å². The molecular weight excluding hydrogens is 941 g/mol. The third kappa shape index (κ3) is 13.2. The number of Topliss-reactive ketones (excluding diaryl/α,β-unsaturated/α-hetero) is 1. The van der Waals surface area contributed by atoms with Crippen LogP contribution in [0.1, 0.15) is 88.7 Å². The number of fused-ring (bicyclic) bond motifs is 6. The lowest BCUT2D eigenvalue weighted by Crippen LogP contribution is -2.53. The van der Waals surface area contributed by atoms with E-state index in [9.17, 15) is 19.5 Å². The van der Waals surface area contributed by atoms with E-state index in [-0.39, 0.29) is 22.3 Å². The van der Waals surface area contributed by atoms with Crippen molar-refractivity contribution in [3.8, 4) is 11.5 Å². The first-order valence-electron chi connectivity index (χ1n) is 23.9. The van der Waals surface area contributed by atoms with Gasteiger partial charge < -0.3 is 23.4 Å². The van der Waals surface area contributed by atoms with Crippen LogP contribution in [-0.4, -0.2) is 101 Å². The van der Waals surface area contributed by atoms with Crippen molar-refractivity contribution in [2.45, 2.75) is 121 Å². The van der Waals surface area contributed by atoms with Gasteiger partial charge in [-0.1, -0.05) is 136 Å². The SMILES string of the molecule is CC(C)(C)[Si](C)(C)Oc1cccc(Br)c1.CC(C)(C)[Si](C)(C)Oc1cccc(C(O)(C(=O)O[C@H]2CN3CCC2CC3)c2ccccc2)c1.O=C(O[C@H]1CN2CCC1CC2)C(=O)c1ccccc1. The lowest BCUT2D eigenvalue weighted by atomic mass is 9.84. The number of benzene rings is 4. The summed E-state index contributed by atoms with van der Waals surface area (Å²) in [5, 5.41) is 12.3. The predicted molar refractivity (Wildman–Crippen MR) is 275 cm³/mol. The molecule has 3 atom stereocenters. The Hall–Kier alpha value is -4.12. The minimum absolute atomic E-state index is 0.0350. The number of ether oxygens (including phenoxy) is 2. The van der Waals surface area contributed by atoms with Crippen LogP contribution in [0.25, 0.3) is 0 Å². The Morgan fingerprint density at radius 1 is 0.582 bits per heavy atom. The maximum Gasteiger partial charge on any atom is 0.380 e. The third-order valence-corrected chi connectivity index (χ3v) is 24.0. The third-order valence-electron chi connectivity index (χ3n) is 14.8. The molecule has 0 aromatic heterocycles. The molecule has 6 heterocycles. The second-order valence-electron chi connectivity index (χ2n) is 21.6. The highest BCUT2D eigenvalue weighted by Crippen LogP contribution is 2.41. The molecule has 0 radical (unpaired) electrons. The summed E-state index contributed by atoms with van der Waals surface area (Å²) >= 11 is 3.46. The topological polar surface area (TPSA) is 115 Å². The zero-order valence-corrected chi connectivity index (χ0v) is 44.9. The molecular formula is C54H73BrN2O8Si2. The van der Waals surface area contributed by atoms with Crippen molar-refractivity contribution in [3.63, 3.8) is 0 Å². The molecule has 0 saturated carbocycles. The fraction of sp³-hybridized carbons (Fsp3) is 0.500. The molecule has 6 aliphatic heterocycles. The van der Waals surface area contributed by atoms with Crippen LogP contribution in [0.15, 0.2) is 114 Å². The van der Waals surface area contributed by atoms with Gasteiger partial charge in [0.15, 0.2) is 0 Å². The molecule has 10 nitrogen and oxygen atoms in total. The first-order valence-corrected chi connectivity index (χ1v) is 30.6. The predicted octanol–water partition coefficient (Wildman–Crippen LogP) is 11.3. The summed E-state index contributed by atoms with van der Waals surface area (Å²) < 4.78 is 25.1. The van der Waals surface area contributed by atoms with Gasteiger partial charge >= 0.3 is 11.9 Å². The molecule has 1 N–H and O–H groups in total. The van der Waals surface area contributed by atoms with Crippen molar-refractivity contribution < 1.29 is 37.8 Å². The Balaban J connectivity index is 0.000000184. The molecule has 4 bridgehead atoms. The molecule has 0 spiro atoms. The lowest BCUT2D eigenvalue weighted by molar-refractivity contribution is -0.177. The number of ketones is 1. The molecule has 67 heavy (non-hydrogen) atoms. The minimum atomic E-state index is -2.08. The second kappa shape index (κ2) is 21.7. The summed E-state index contributed by atoms with van der Waals surface area (Å²) in [5.41, 5.74) is -0.536. The molecule has 6 aliphatic rings. The van der Waals surface area contributed by atoms with Crippen LogP contribution in [0.4, 0.5) is 0 Å². The molecule has 0 aliphatic carbocycles. The maximum atomic E-state index is 13.6. The van der Waals surface area contributed by atoms with Crippen molar-refractivity contribution in [3.05, 3.63) is 130 Å². The van der Waals surface area contributed by atoms with Crippen LogP contribution in [-0.2, 0) is 24.7 Å². The van der Waals surface area contributed by atoms with E-state index in [1.807, 2.05) is 60.7 Å². The minimum Gasteiger partial charge on any atom is -0.543 e. The van der Waals surface area contributed by atoms with E-state index < -0.39 is 40.0 Å². The van der Waals surface area contributed by atoms with Crippen molar-refractivity contribution in [1.29, 1.82) is 0 Å². The number of halogens is 1. The fourth-order valence-electron chi connectivity index (χ4n) is 8.50. The van der Waals surface area contributed by atoms with Gasteiger partial charge in [0.05, 0.1) is 0 Å². The molecule has 0 amide bonds. The summed E-state index contributed by atoms with van der Waals surface area (Å²) in [5.74, 6) is 0.559. The van der Waals surface area contributed by atoms with E-state index in [4.69, 9.17) is 18.3 Å². The quantitative estimate of drug-likeness (QED) is 0.0674. The van der Waals surface area contributed by atoms with E-state index >= 15 is 0 Å². The highest BCUT2D eigenvalue weighted by atomic mass is 79.9. The largest absolute Gasteiger partial charge is 0.543 e. The van der Waals surface area contributed by atoms with Crippen LogP contribution in [0.5, 0.6) is 11.5 Å². The Morgan fingerprint density at radius 2 is 1.01 bits per heavy atom. The van der Waals surface area contributed by atoms with Gasteiger partial charge in [0.1, 0.15) is 23.7 Å². The van der Waals surface area contributed by atoms with E-state index in [2.05, 4.69) is 93.5 Å². The van der Waals surface area contributed by atoms with Crippen molar-refractivity contribution >= 4 is 50.3 Å². The Labute approximate surface area is 410 Å². The molecule has 362 valence electrons. The summed E-state index contributed by atoms with van der Waals surface area (Å²) in [6.45, 7) is 28.0. The van der Waals surface area contributed by atoms with Gasteiger partial charge in [-0.2, -0.15) is 0 Å². The normalized spacial score (nSPS) is 23.2. The highest BCUT2D eigenvalue weighted by molar-refractivity contribution is 9.10. The molecule has 10 rings (SSSR count). The average molecular weight is 1010 g/mol. The number of nitrogens with zero attached hydrogens (tertiary/aromatic N) is 2. The van der Waals surface area contributed by atoms with Gasteiger partial charge in [-0.25, -0.2) is 9.59 Å². The lowest BCUT2D eigenvalue weighted by Gasteiger charge is -2.44. The summed E-state index contributed by atoms with van der Waals surface area (Å²) in [6.07, 6.45) is 3.92. The van der Waals surface area contributed by atoms with Crippen molar-refractivity contribution in [2.24, 2.45) is 11.8 Å². The van der Waals surface area contributed by atoms with Gasteiger partial charge in [0.2, 0.25) is 22.2 Å². The molecule has 1 unspecified atom stereocenters. The maximum absolute atomic E-state index is 13.6. The second-order valence-corrected chi connectivity index (χ2v) is 32.0. The first kappa shape index (κ1) is 52.3. The Kier molecular flexibility index (Phi) is 16.9. The monoisotopic (exact) mass is 1010 g/mol. The zero-order valence-electron chi connectivity index (χ0n) is 41.4. The molecule has 4 aromatic carbocycles. The van der Waals surface area contributed by atoms with Gasteiger partial charge in [-0.15, -0.1) is 0 Å². The fourth-order valence-corrected chi connectivity index (χ4v) is 10.9. The van der Waals surface area contributed by atoms with Crippen LogP contribution in [0.2, 0.25) is 36.3 Å². The molecule has 6 saturated heterocycles. The van der Waals surface area contributed by atoms with Crippen molar-refractivity contribution in [2.75, 3.05) is 39.3 Å². The number of esters is 2. The number of hydrogen-bond donors (Lipinski definition) is 1. The van der Waals surface area contributed by atoms with E-state index in [1.54, 1.807) is 48.5 Å². The van der Waals surface area contributed by atoms with Crippen LogP contribution in [0.3, 0.4) is 0 Å². The van der Waals surface area contributed by atoms with Gasteiger partial charge in [0.25, 0.3) is 5.78 Å². The Morgan fingerprint density at radius 3 is 1.46 bits per heavy atom. The summed E-state index contributed by atoms with van der Waals surface area (Å²) in [4.78, 5) is 42.1. The highest BCUT2D eigenvalue weighted by Gasteiger charge is 2.47. The van der Waals surface area contributed by atoms with Crippen LogP contribution >= 0.6 is 15.9 Å². The van der Waals surface area contributed by atoms with Crippen molar-refractivity contribution in [1.82, 2.24) is 9.80 Å². The number of carbonyl (C=O) groups excluding carboxylic acids is 3. The number of hydrogen-bond acceptors (Lipinski definition) is 10. The summed E-state index contributed by atoms with van der Waals surface area (Å²) in [7, 11) is -3.77. The van der Waals surface area contributed by atoms with E-state index in [0.717, 1.165) is 75.2 Å². The van der Waals surface area contributed by atoms with Gasteiger partial charge in [-0.05, 0) is 136 Å². The Bertz CT molecular complexity index is 2280. The smallest absolute Gasteiger partial charge is 0.380 e. The van der Waals surface area contributed by atoms with E-state index in [1.165, 1.54) is 0 Å². The van der Waals surface area contributed by atoms with E-state index in [0.29, 0.717) is 34.3 Å². The van der Waals surface area contributed by atoms with Gasteiger partial charge in [0, 0.05) is 28.7 Å². The van der Waals surface area contributed by atoms with Crippen LogP contribution < -0.4 is 8.85 Å². The molecule has 6 fully saturated rings. The zero-order chi connectivity index (χ0) is 48.8. The number of carbonyl (C=O) groups is 3.